The van der Waals surface area contributed by atoms with Crippen molar-refractivity contribution in [2.45, 2.75) is 39.8 Å². The fourth-order valence-electron chi connectivity index (χ4n) is 5.31. The molecular weight excluding hydrogens is 544 g/mol. The highest BCUT2D eigenvalue weighted by molar-refractivity contribution is 5.83. The lowest BCUT2D eigenvalue weighted by molar-refractivity contribution is 0.189. The predicted molar refractivity (Wildman–Crippen MR) is 156 cm³/mol. The van der Waals surface area contributed by atoms with E-state index < -0.39 is 17.7 Å². The Balaban J connectivity index is 1.28. The molecule has 0 fully saturated rings. The van der Waals surface area contributed by atoms with Gasteiger partial charge in [-0.1, -0.05) is 6.07 Å². The number of hydrogen-bond acceptors (Lipinski definition) is 8. The molecule has 222 valence electrons. The summed E-state index contributed by atoms with van der Waals surface area (Å²) >= 11 is 0. The summed E-state index contributed by atoms with van der Waals surface area (Å²) in [4.78, 5) is 32.6. The third-order valence-corrected chi connectivity index (χ3v) is 7.39. The maximum atomic E-state index is 15.0. The summed E-state index contributed by atoms with van der Waals surface area (Å²) in [6, 6.07) is 6.87. The summed E-state index contributed by atoms with van der Waals surface area (Å²) in [6.07, 6.45) is 0.831. The first-order chi connectivity index (χ1) is 20.1. The van der Waals surface area contributed by atoms with Crippen molar-refractivity contribution < 1.29 is 18.7 Å². The SMILES string of the molecule is Cc1nc2c(F)cc(-c3nc(Nc4ccc5c(n4)CCN(CCN(C)CCNC(=O)O)C5)ncc3F)cc2n1C(C)C. The molecule has 0 saturated carbocycles. The number of rotatable bonds is 10. The summed E-state index contributed by atoms with van der Waals surface area (Å²) < 4.78 is 31.8. The fraction of sp³-hybridized carbons (Fsp3) is 0.414. The number of carbonyl (C=O) groups is 1. The van der Waals surface area contributed by atoms with Crippen molar-refractivity contribution in [3.63, 3.8) is 0 Å². The third kappa shape index (κ3) is 6.47. The average Bonchev–Trinajstić information content (AvgIpc) is 3.29. The third-order valence-electron chi connectivity index (χ3n) is 7.39. The van der Waals surface area contributed by atoms with Gasteiger partial charge in [-0.05, 0) is 51.6 Å². The van der Waals surface area contributed by atoms with E-state index in [1.54, 1.807) is 6.07 Å². The number of pyridine rings is 1. The first-order valence-electron chi connectivity index (χ1n) is 13.9. The number of benzene rings is 1. The van der Waals surface area contributed by atoms with Gasteiger partial charge in [0.2, 0.25) is 5.95 Å². The lowest BCUT2D eigenvalue weighted by Crippen LogP contribution is -2.39. The number of anilines is 2. The maximum absolute atomic E-state index is 15.0. The molecule has 0 atom stereocenters. The minimum atomic E-state index is -1.01. The van der Waals surface area contributed by atoms with Crippen LogP contribution in [0.25, 0.3) is 22.3 Å². The summed E-state index contributed by atoms with van der Waals surface area (Å²) in [5.41, 5.74) is 3.21. The lowest BCUT2D eigenvalue weighted by Gasteiger charge is -2.30. The lowest BCUT2D eigenvalue weighted by atomic mass is 10.1. The minimum Gasteiger partial charge on any atom is -0.465 e. The number of amides is 1. The molecule has 13 heteroatoms. The molecule has 1 aliphatic rings. The summed E-state index contributed by atoms with van der Waals surface area (Å²) in [7, 11) is 1.97. The van der Waals surface area contributed by atoms with E-state index in [1.807, 2.05) is 44.5 Å². The number of fused-ring (bicyclic) bond motifs is 2. The summed E-state index contributed by atoms with van der Waals surface area (Å²) in [5, 5.41) is 14.2. The van der Waals surface area contributed by atoms with Crippen LogP contribution in [0.2, 0.25) is 0 Å². The normalized spacial score (nSPS) is 13.6. The Kier molecular flexibility index (Phi) is 8.59. The van der Waals surface area contributed by atoms with E-state index in [-0.39, 0.29) is 23.2 Å². The Labute approximate surface area is 242 Å². The number of imidazole rings is 1. The van der Waals surface area contributed by atoms with E-state index in [4.69, 9.17) is 10.1 Å². The molecule has 4 aromatic rings. The number of aryl methyl sites for hydroxylation is 1. The molecule has 42 heavy (non-hydrogen) atoms. The van der Waals surface area contributed by atoms with Gasteiger partial charge in [0, 0.05) is 63.0 Å². The van der Waals surface area contributed by atoms with Gasteiger partial charge < -0.3 is 25.2 Å². The van der Waals surface area contributed by atoms with Crippen molar-refractivity contribution in [3.05, 3.63) is 59.2 Å². The van der Waals surface area contributed by atoms with Gasteiger partial charge in [-0.15, -0.1) is 0 Å². The van der Waals surface area contributed by atoms with Gasteiger partial charge in [0.25, 0.3) is 0 Å². The van der Waals surface area contributed by atoms with E-state index in [2.05, 4.69) is 35.4 Å². The molecular formula is C29H35F2N9O2. The number of aromatic nitrogens is 5. The highest BCUT2D eigenvalue weighted by atomic mass is 19.1. The second kappa shape index (κ2) is 12.3. The van der Waals surface area contributed by atoms with E-state index >= 15 is 4.39 Å². The van der Waals surface area contributed by atoms with Gasteiger partial charge in [0.05, 0.1) is 11.7 Å². The minimum absolute atomic E-state index is 0.0141. The maximum Gasteiger partial charge on any atom is 0.404 e. The zero-order valence-electron chi connectivity index (χ0n) is 24.2. The largest absolute Gasteiger partial charge is 0.465 e. The summed E-state index contributed by atoms with van der Waals surface area (Å²) in [5.74, 6) is 0.186. The quantitative estimate of drug-likeness (QED) is 0.251. The monoisotopic (exact) mass is 579 g/mol. The van der Waals surface area contributed by atoms with Gasteiger partial charge in [-0.2, -0.15) is 0 Å². The molecule has 0 saturated heterocycles. The van der Waals surface area contributed by atoms with Crippen LogP contribution in [-0.2, 0) is 13.0 Å². The topological polar surface area (TPSA) is 124 Å². The molecule has 4 heterocycles. The van der Waals surface area contributed by atoms with E-state index in [1.165, 1.54) is 6.07 Å². The predicted octanol–water partition coefficient (Wildman–Crippen LogP) is 4.36. The van der Waals surface area contributed by atoms with Crippen LogP contribution < -0.4 is 10.6 Å². The molecule has 1 amide bonds. The number of carboxylic acid groups (broad SMARTS) is 1. The smallest absolute Gasteiger partial charge is 0.404 e. The molecule has 0 aliphatic carbocycles. The Morgan fingerprint density at radius 2 is 1.95 bits per heavy atom. The van der Waals surface area contributed by atoms with Crippen molar-refractivity contribution in [2.75, 3.05) is 45.1 Å². The van der Waals surface area contributed by atoms with E-state index in [9.17, 15) is 9.18 Å². The number of hydrogen-bond donors (Lipinski definition) is 3. The van der Waals surface area contributed by atoms with Gasteiger partial charge in [0.1, 0.15) is 22.9 Å². The highest BCUT2D eigenvalue weighted by Crippen LogP contribution is 2.30. The number of likely N-dealkylation sites (N-methyl/N-ethyl adjacent to an activating group) is 1. The average molecular weight is 580 g/mol. The van der Waals surface area contributed by atoms with Crippen LogP contribution in [0.3, 0.4) is 0 Å². The molecule has 1 aromatic carbocycles. The molecule has 3 N–H and O–H groups in total. The van der Waals surface area contributed by atoms with Crippen molar-refractivity contribution >= 4 is 28.9 Å². The van der Waals surface area contributed by atoms with Crippen molar-refractivity contribution in [1.29, 1.82) is 0 Å². The highest BCUT2D eigenvalue weighted by Gasteiger charge is 2.20. The first kappa shape index (κ1) is 29.3. The molecule has 3 aromatic heterocycles. The molecule has 11 nitrogen and oxygen atoms in total. The van der Waals surface area contributed by atoms with Crippen LogP contribution in [0, 0.1) is 18.6 Å². The fourth-order valence-corrected chi connectivity index (χ4v) is 5.31. The number of nitrogens with zero attached hydrogens (tertiary/aromatic N) is 7. The second-order valence-corrected chi connectivity index (χ2v) is 10.8. The Bertz CT molecular complexity index is 1610. The summed E-state index contributed by atoms with van der Waals surface area (Å²) in [6.45, 7) is 10.1. The van der Waals surface area contributed by atoms with Crippen molar-refractivity contribution in [2.24, 2.45) is 0 Å². The van der Waals surface area contributed by atoms with Crippen LogP contribution in [0.15, 0.2) is 30.5 Å². The van der Waals surface area contributed by atoms with Crippen LogP contribution in [0.1, 0.15) is 37.0 Å². The van der Waals surface area contributed by atoms with Crippen molar-refractivity contribution in [1.82, 2.24) is 39.6 Å². The molecule has 0 spiro atoms. The van der Waals surface area contributed by atoms with Crippen LogP contribution in [-0.4, -0.2) is 85.3 Å². The Morgan fingerprint density at radius 1 is 1.14 bits per heavy atom. The zero-order valence-corrected chi connectivity index (χ0v) is 24.2. The second-order valence-electron chi connectivity index (χ2n) is 10.8. The number of halogens is 2. The first-order valence-corrected chi connectivity index (χ1v) is 13.9. The Morgan fingerprint density at radius 3 is 2.71 bits per heavy atom. The standard InChI is InChI=1S/C29H35F2N9O2/c1-17(2)40-18(3)34-27-21(30)13-20(14-24(27)40)26-22(31)15-33-28(37-26)36-25-6-5-19-16-39(9-7-23(19)35-25)12-11-38(4)10-8-32-29(41)42/h5-6,13-15,17,32H,7-12,16H2,1-4H3,(H,41,42)(H,33,35,36,37). The zero-order chi connectivity index (χ0) is 30.0. The van der Waals surface area contributed by atoms with Crippen LogP contribution in [0.4, 0.5) is 25.3 Å². The van der Waals surface area contributed by atoms with Crippen LogP contribution >= 0.6 is 0 Å². The molecule has 5 rings (SSSR count). The van der Waals surface area contributed by atoms with Crippen LogP contribution in [0.5, 0.6) is 0 Å². The molecule has 0 radical (unpaired) electrons. The van der Waals surface area contributed by atoms with Gasteiger partial charge in [0.15, 0.2) is 11.6 Å². The number of nitrogens with one attached hydrogen (secondary N) is 2. The van der Waals surface area contributed by atoms with Gasteiger partial charge in [-0.3, -0.25) is 4.90 Å². The van der Waals surface area contributed by atoms with Gasteiger partial charge >= 0.3 is 6.09 Å². The van der Waals surface area contributed by atoms with Crippen molar-refractivity contribution in [3.8, 4) is 11.3 Å². The molecule has 0 unspecified atom stereocenters. The van der Waals surface area contributed by atoms with E-state index in [0.29, 0.717) is 35.8 Å². The van der Waals surface area contributed by atoms with E-state index in [0.717, 1.165) is 50.1 Å². The Hall–Kier alpha value is -4.23. The molecule has 1 aliphatic heterocycles. The van der Waals surface area contributed by atoms with Gasteiger partial charge in [-0.25, -0.2) is 33.5 Å². The molecule has 0 bridgehead atoms.